The Hall–Kier alpha value is 0.0500. The number of alkyl halides is 1. The highest BCUT2D eigenvalue weighted by Gasteiger charge is 1.84. The summed E-state index contributed by atoms with van der Waals surface area (Å²) in [6.45, 7) is 5.45. The minimum atomic E-state index is -0.0342. The van der Waals surface area contributed by atoms with E-state index in [0.717, 1.165) is 4.48 Å². The van der Waals surface area contributed by atoms with Crippen LogP contribution in [0, 0.1) is 0 Å². The van der Waals surface area contributed by atoms with Crippen LogP contribution in [0.2, 0.25) is 0 Å². The van der Waals surface area contributed by atoms with Gasteiger partial charge in [-0.3, -0.25) is 0 Å². The molecule has 0 aromatic heterocycles. The Bertz CT molecular complexity index is 120. The van der Waals surface area contributed by atoms with Crippen LogP contribution in [0.15, 0.2) is 23.3 Å². The summed E-state index contributed by atoms with van der Waals surface area (Å²) in [7, 11) is 0. The second kappa shape index (κ2) is 4.89. The highest BCUT2D eigenvalue weighted by atomic mass is 79.9. The first kappa shape index (κ1) is 9.05. The second-order valence-electron chi connectivity index (χ2n) is 1.56. The summed E-state index contributed by atoms with van der Waals surface area (Å²) in [4.78, 5) is 0. The molecule has 0 aromatic carbocycles. The smallest absolute Gasteiger partial charge is 0.0979 e. The average Bonchev–Trinajstić information content (AvgIpc) is 1.63. The summed E-state index contributed by atoms with van der Waals surface area (Å²) >= 11 is 8.71. The van der Waals surface area contributed by atoms with Gasteiger partial charge < -0.3 is 5.32 Å². The monoisotopic (exact) mass is 209 g/mol. The molecule has 0 radical (unpaired) electrons. The lowest BCUT2D eigenvalue weighted by Crippen LogP contribution is -2.11. The summed E-state index contributed by atoms with van der Waals surface area (Å²) in [5.41, 5.74) is -0.0342. The van der Waals surface area contributed by atoms with Crippen molar-refractivity contribution < 1.29 is 0 Å². The van der Waals surface area contributed by atoms with Crippen molar-refractivity contribution in [2.45, 2.75) is 12.4 Å². The Morgan fingerprint density at radius 1 is 1.89 bits per heavy atom. The molecule has 0 aliphatic carbocycles. The van der Waals surface area contributed by atoms with Gasteiger partial charge in [0.25, 0.3) is 0 Å². The van der Waals surface area contributed by atoms with E-state index in [4.69, 9.17) is 11.6 Å². The molecule has 0 bridgehead atoms. The average molecular weight is 211 g/mol. The van der Waals surface area contributed by atoms with E-state index in [-0.39, 0.29) is 5.50 Å². The van der Waals surface area contributed by atoms with Gasteiger partial charge >= 0.3 is 0 Å². The van der Waals surface area contributed by atoms with Crippen LogP contribution in [0.1, 0.15) is 6.92 Å². The summed E-state index contributed by atoms with van der Waals surface area (Å²) in [5.74, 6) is 0. The highest BCUT2D eigenvalue weighted by Crippen LogP contribution is 2.00. The van der Waals surface area contributed by atoms with Crippen molar-refractivity contribution in [3.8, 4) is 0 Å². The standard InChI is InChI=1S/C6H9BrClN/c1-5(7)3-4-9-6(2)8/h3-4,6,9H,1H2,2H3/b4-3+. The third-order valence-corrected chi connectivity index (χ3v) is 0.980. The van der Waals surface area contributed by atoms with Crippen molar-refractivity contribution in [1.82, 2.24) is 5.32 Å². The largest absolute Gasteiger partial charge is 0.375 e. The van der Waals surface area contributed by atoms with Gasteiger partial charge in [0.1, 0.15) is 0 Å². The zero-order valence-electron chi connectivity index (χ0n) is 5.20. The molecule has 0 fully saturated rings. The Labute approximate surface area is 68.9 Å². The summed E-state index contributed by atoms with van der Waals surface area (Å²) in [6, 6.07) is 0. The number of halogens is 2. The molecule has 1 N–H and O–H groups in total. The van der Waals surface area contributed by atoms with E-state index >= 15 is 0 Å². The van der Waals surface area contributed by atoms with E-state index in [1.54, 1.807) is 12.3 Å². The molecule has 9 heavy (non-hydrogen) atoms. The molecule has 52 valence electrons. The molecule has 0 saturated carbocycles. The topological polar surface area (TPSA) is 12.0 Å². The Balaban J connectivity index is 3.36. The van der Waals surface area contributed by atoms with E-state index in [1.807, 2.05) is 6.92 Å². The maximum absolute atomic E-state index is 5.55. The molecule has 1 nitrogen and oxygen atoms in total. The predicted octanol–water partition coefficient (Wildman–Crippen LogP) is 2.58. The minimum Gasteiger partial charge on any atom is -0.375 e. The van der Waals surface area contributed by atoms with Crippen LogP contribution in [-0.2, 0) is 0 Å². The number of hydrogen-bond acceptors (Lipinski definition) is 1. The number of nitrogens with one attached hydrogen (secondary N) is 1. The molecule has 0 aliphatic heterocycles. The fourth-order valence-corrected chi connectivity index (χ4v) is 0.476. The van der Waals surface area contributed by atoms with Gasteiger partial charge in [-0.15, -0.1) is 0 Å². The Morgan fingerprint density at radius 3 is 2.78 bits per heavy atom. The molecule has 0 spiro atoms. The maximum Gasteiger partial charge on any atom is 0.0979 e. The van der Waals surface area contributed by atoms with Gasteiger partial charge in [0, 0.05) is 4.48 Å². The van der Waals surface area contributed by atoms with Crippen molar-refractivity contribution in [2.75, 3.05) is 0 Å². The molecule has 0 rings (SSSR count). The Kier molecular flexibility index (Phi) is 4.91. The fraction of sp³-hybridized carbons (Fsp3) is 0.333. The zero-order valence-corrected chi connectivity index (χ0v) is 7.54. The molecule has 0 aromatic rings. The van der Waals surface area contributed by atoms with E-state index < -0.39 is 0 Å². The van der Waals surface area contributed by atoms with E-state index in [0.29, 0.717) is 0 Å². The van der Waals surface area contributed by atoms with E-state index in [1.165, 1.54) is 0 Å². The molecule has 0 amide bonds. The molecule has 1 unspecified atom stereocenters. The molecule has 0 heterocycles. The molecule has 0 saturated heterocycles. The number of allylic oxidation sites excluding steroid dienone is 2. The molecule has 0 aliphatic rings. The number of rotatable bonds is 3. The third kappa shape index (κ3) is 8.05. The van der Waals surface area contributed by atoms with Gasteiger partial charge in [-0.1, -0.05) is 34.1 Å². The van der Waals surface area contributed by atoms with Crippen molar-refractivity contribution in [3.05, 3.63) is 23.3 Å². The van der Waals surface area contributed by atoms with Crippen LogP contribution in [0.25, 0.3) is 0 Å². The lowest BCUT2D eigenvalue weighted by molar-refractivity contribution is 0.844. The van der Waals surface area contributed by atoms with Crippen molar-refractivity contribution in [1.29, 1.82) is 0 Å². The molecule has 1 atom stereocenters. The normalized spacial score (nSPS) is 13.7. The quantitative estimate of drug-likeness (QED) is 0.429. The highest BCUT2D eigenvalue weighted by molar-refractivity contribution is 9.11. The maximum atomic E-state index is 5.55. The summed E-state index contributed by atoms with van der Waals surface area (Å²) in [6.07, 6.45) is 3.54. The van der Waals surface area contributed by atoms with Gasteiger partial charge in [0.15, 0.2) is 0 Å². The predicted molar refractivity (Wildman–Crippen MR) is 45.7 cm³/mol. The van der Waals surface area contributed by atoms with Gasteiger partial charge in [0.2, 0.25) is 0 Å². The van der Waals surface area contributed by atoms with Crippen LogP contribution in [0.5, 0.6) is 0 Å². The lowest BCUT2D eigenvalue weighted by Gasteiger charge is -1.98. The van der Waals surface area contributed by atoms with Crippen LogP contribution in [0.4, 0.5) is 0 Å². The van der Waals surface area contributed by atoms with E-state index in [2.05, 4.69) is 27.8 Å². The van der Waals surface area contributed by atoms with Gasteiger partial charge in [0.05, 0.1) is 5.50 Å². The molecular formula is C6H9BrClN. The molecule has 3 heteroatoms. The van der Waals surface area contributed by atoms with Crippen molar-refractivity contribution in [2.24, 2.45) is 0 Å². The lowest BCUT2D eigenvalue weighted by atomic mass is 10.6. The van der Waals surface area contributed by atoms with Gasteiger partial charge in [-0.05, 0) is 19.2 Å². The fourth-order valence-electron chi connectivity index (χ4n) is 0.271. The first-order chi connectivity index (χ1) is 4.13. The van der Waals surface area contributed by atoms with E-state index in [9.17, 15) is 0 Å². The van der Waals surface area contributed by atoms with Crippen LogP contribution in [0.3, 0.4) is 0 Å². The Morgan fingerprint density at radius 2 is 2.44 bits per heavy atom. The van der Waals surface area contributed by atoms with Crippen molar-refractivity contribution >= 4 is 27.5 Å². The summed E-state index contributed by atoms with van der Waals surface area (Å²) in [5, 5.41) is 2.87. The van der Waals surface area contributed by atoms with Crippen LogP contribution < -0.4 is 5.32 Å². The summed E-state index contributed by atoms with van der Waals surface area (Å²) < 4.78 is 0.826. The van der Waals surface area contributed by atoms with Crippen LogP contribution in [-0.4, -0.2) is 5.50 Å². The minimum absolute atomic E-state index is 0.0342. The zero-order chi connectivity index (χ0) is 7.28. The first-order valence-electron chi connectivity index (χ1n) is 2.54. The van der Waals surface area contributed by atoms with Gasteiger partial charge in [-0.2, -0.15) is 0 Å². The third-order valence-electron chi connectivity index (χ3n) is 0.590. The second-order valence-corrected chi connectivity index (χ2v) is 3.24. The first-order valence-corrected chi connectivity index (χ1v) is 3.77. The SMILES string of the molecule is C=C(Br)/C=C/NC(C)Cl. The number of hydrogen-bond donors (Lipinski definition) is 1. The molecular weight excluding hydrogens is 201 g/mol. The van der Waals surface area contributed by atoms with Crippen LogP contribution >= 0.6 is 27.5 Å². The van der Waals surface area contributed by atoms with Crippen molar-refractivity contribution in [3.63, 3.8) is 0 Å². The van der Waals surface area contributed by atoms with Gasteiger partial charge in [-0.25, -0.2) is 0 Å².